The van der Waals surface area contributed by atoms with Crippen LogP contribution in [0, 0.1) is 12.3 Å². The number of amides is 2. The molecule has 0 radical (unpaired) electrons. The smallest absolute Gasteiger partial charge is 0.258 e. The first-order valence-electron chi connectivity index (χ1n) is 14.6. The number of rotatable bonds is 11. The Kier molecular flexibility index (Phi) is 9.29. The summed E-state index contributed by atoms with van der Waals surface area (Å²) in [4.78, 5) is 24.6. The van der Waals surface area contributed by atoms with Crippen molar-refractivity contribution in [1.29, 1.82) is 0 Å². The minimum Gasteiger partial charge on any atom is -0.542 e. The second kappa shape index (κ2) is 11.8. The maximum Gasteiger partial charge on any atom is 0.258 e. The quantitative estimate of drug-likeness (QED) is 0.182. The summed E-state index contributed by atoms with van der Waals surface area (Å²) in [6.07, 6.45) is 2.06. The van der Waals surface area contributed by atoms with Gasteiger partial charge >= 0.3 is 0 Å². The highest BCUT2D eigenvalue weighted by molar-refractivity contribution is 6.78. The van der Waals surface area contributed by atoms with E-state index in [-0.39, 0.29) is 0 Å². The fraction of sp³-hybridized carbons (Fsp3) is 0.515. The van der Waals surface area contributed by atoms with Gasteiger partial charge < -0.3 is 20.0 Å². The molecule has 0 spiro atoms. The van der Waals surface area contributed by atoms with Crippen LogP contribution in [0.4, 0.5) is 5.69 Å². The lowest BCUT2D eigenvalue weighted by Gasteiger charge is -2.43. The maximum absolute atomic E-state index is 12.8. The molecular weight excluding hydrogens is 514 g/mol. The standard InChI is InChI=1S/C33H49N3O3Si/c1-20(2)27-18-25(13-15-29(27)39-40(21(3)4,22(5)6)23(7)8)19-36-17-16-26-28(14-12-24(9)30(26)36)35-32(38)33(10,11)31(34)37/h12-18,20-23H,19H2,1-11H3,(H2,34,37)(H,35,38). The van der Waals surface area contributed by atoms with Crippen LogP contribution in [0.2, 0.25) is 16.6 Å². The van der Waals surface area contributed by atoms with Crippen molar-refractivity contribution in [2.45, 2.75) is 105 Å². The van der Waals surface area contributed by atoms with Gasteiger partial charge in [-0.05, 0) is 78.2 Å². The summed E-state index contributed by atoms with van der Waals surface area (Å²) in [5.41, 5.74) is 10.9. The zero-order chi connectivity index (χ0) is 30.2. The zero-order valence-corrected chi connectivity index (χ0v) is 27.3. The molecule has 218 valence electrons. The number of anilines is 1. The Balaban J connectivity index is 2.00. The summed E-state index contributed by atoms with van der Waals surface area (Å²) in [6.45, 7) is 24.2. The Bertz CT molecular complexity index is 1360. The van der Waals surface area contributed by atoms with Crippen molar-refractivity contribution in [1.82, 2.24) is 4.57 Å². The minimum atomic E-state index is -2.08. The SMILES string of the molecule is Cc1ccc(NC(=O)C(C)(C)C(N)=O)c2ccn(Cc3ccc(O[Si](C(C)C)(C(C)C)C(C)C)c(C(C)C)c3)c12. The van der Waals surface area contributed by atoms with Gasteiger partial charge in [-0.1, -0.05) is 73.6 Å². The van der Waals surface area contributed by atoms with Gasteiger partial charge in [0, 0.05) is 18.1 Å². The average Bonchev–Trinajstić information content (AvgIpc) is 3.28. The number of fused-ring (bicyclic) bond motifs is 1. The Morgan fingerprint density at radius 3 is 2.08 bits per heavy atom. The maximum atomic E-state index is 12.8. The average molecular weight is 564 g/mol. The van der Waals surface area contributed by atoms with Gasteiger partial charge in [0.2, 0.25) is 11.8 Å². The second-order valence-corrected chi connectivity index (χ2v) is 18.4. The van der Waals surface area contributed by atoms with Crippen LogP contribution in [0.5, 0.6) is 5.75 Å². The third kappa shape index (κ3) is 5.85. The summed E-state index contributed by atoms with van der Waals surface area (Å²) >= 11 is 0. The first-order chi connectivity index (χ1) is 18.5. The molecule has 3 rings (SSSR count). The Labute approximate surface area is 241 Å². The van der Waals surface area contributed by atoms with Crippen LogP contribution in [0.15, 0.2) is 42.6 Å². The van der Waals surface area contributed by atoms with E-state index in [1.807, 2.05) is 18.2 Å². The molecule has 0 unspecified atom stereocenters. The van der Waals surface area contributed by atoms with Gasteiger partial charge in [-0.25, -0.2) is 0 Å². The number of nitrogens with two attached hydrogens (primary N) is 1. The Hall–Kier alpha value is -3.06. The monoisotopic (exact) mass is 563 g/mol. The normalized spacial score (nSPS) is 12.7. The van der Waals surface area contributed by atoms with Gasteiger partial charge in [-0.3, -0.25) is 9.59 Å². The fourth-order valence-corrected chi connectivity index (χ4v) is 11.4. The lowest BCUT2D eigenvalue weighted by atomic mass is 9.91. The number of aryl methyl sites for hydroxylation is 1. The largest absolute Gasteiger partial charge is 0.542 e. The molecule has 40 heavy (non-hydrogen) atoms. The van der Waals surface area contributed by atoms with E-state index < -0.39 is 25.5 Å². The van der Waals surface area contributed by atoms with Crippen LogP contribution in [0.1, 0.15) is 91.8 Å². The lowest BCUT2D eigenvalue weighted by molar-refractivity contribution is -0.136. The number of aromatic nitrogens is 1. The zero-order valence-electron chi connectivity index (χ0n) is 26.3. The summed E-state index contributed by atoms with van der Waals surface area (Å²) < 4.78 is 9.33. The second-order valence-electron chi connectivity index (χ2n) is 13.0. The predicted octanol–water partition coefficient (Wildman–Crippen LogP) is 8.13. The molecule has 0 fully saturated rings. The predicted molar refractivity (Wildman–Crippen MR) is 170 cm³/mol. The highest BCUT2D eigenvalue weighted by Gasteiger charge is 2.47. The van der Waals surface area contributed by atoms with Crippen LogP contribution in [-0.2, 0) is 16.1 Å². The molecule has 2 aromatic carbocycles. The first kappa shape index (κ1) is 31.5. The molecule has 7 heteroatoms. The molecule has 1 heterocycles. The first-order valence-corrected chi connectivity index (χ1v) is 16.7. The van der Waals surface area contributed by atoms with Crippen molar-refractivity contribution in [3.63, 3.8) is 0 Å². The van der Waals surface area contributed by atoms with Gasteiger partial charge in [0.05, 0.1) is 11.2 Å². The van der Waals surface area contributed by atoms with Gasteiger partial charge in [0.1, 0.15) is 11.2 Å². The van der Waals surface area contributed by atoms with Gasteiger partial charge in [-0.2, -0.15) is 0 Å². The number of carbonyl (C=O) groups excluding carboxylic acids is 2. The van der Waals surface area contributed by atoms with Crippen molar-refractivity contribution < 1.29 is 14.0 Å². The fourth-order valence-electron chi connectivity index (χ4n) is 6.12. The van der Waals surface area contributed by atoms with Crippen LogP contribution >= 0.6 is 0 Å². The lowest BCUT2D eigenvalue weighted by Crippen LogP contribution is -2.50. The summed E-state index contributed by atoms with van der Waals surface area (Å²) in [5.74, 6) is 0.275. The van der Waals surface area contributed by atoms with Crippen molar-refractivity contribution in [3.8, 4) is 5.75 Å². The van der Waals surface area contributed by atoms with Gasteiger partial charge in [-0.15, -0.1) is 0 Å². The van der Waals surface area contributed by atoms with Gasteiger partial charge in [0.15, 0.2) is 0 Å². The molecule has 0 atom stereocenters. The topological polar surface area (TPSA) is 86.4 Å². The molecule has 2 amide bonds. The number of benzene rings is 2. The molecule has 0 aliphatic carbocycles. The van der Waals surface area contributed by atoms with Crippen LogP contribution < -0.4 is 15.5 Å². The molecule has 0 bridgehead atoms. The molecule has 0 saturated carbocycles. The molecule has 1 aromatic heterocycles. The Morgan fingerprint density at radius 2 is 1.55 bits per heavy atom. The van der Waals surface area contributed by atoms with Crippen LogP contribution in [0.3, 0.4) is 0 Å². The van der Waals surface area contributed by atoms with Crippen LogP contribution in [0.25, 0.3) is 10.9 Å². The van der Waals surface area contributed by atoms with E-state index in [1.54, 1.807) is 0 Å². The number of carbonyl (C=O) groups is 2. The molecule has 0 saturated heterocycles. The van der Waals surface area contributed by atoms with E-state index in [4.69, 9.17) is 10.2 Å². The molecule has 0 aliphatic rings. The molecule has 0 aliphatic heterocycles. The number of hydrogen-bond acceptors (Lipinski definition) is 3. The Morgan fingerprint density at radius 1 is 0.950 bits per heavy atom. The van der Waals surface area contributed by atoms with Crippen LogP contribution in [-0.4, -0.2) is 24.7 Å². The van der Waals surface area contributed by atoms with Crippen molar-refractivity contribution in [2.75, 3.05) is 5.32 Å². The number of nitrogens with zero attached hydrogens (tertiary/aromatic N) is 1. The number of hydrogen-bond donors (Lipinski definition) is 2. The van der Waals surface area contributed by atoms with E-state index in [9.17, 15) is 9.59 Å². The van der Waals surface area contributed by atoms with E-state index in [0.717, 1.165) is 22.2 Å². The summed E-state index contributed by atoms with van der Waals surface area (Å²) in [6, 6.07) is 12.6. The van der Waals surface area contributed by atoms with E-state index in [1.165, 1.54) is 25.0 Å². The van der Waals surface area contributed by atoms with Crippen molar-refractivity contribution in [3.05, 3.63) is 59.3 Å². The van der Waals surface area contributed by atoms with E-state index >= 15 is 0 Å². The van der Waals surface area contributed by atoms with E-state index in [2.05, 4.69) is 96.6 Å². The minimum absolute atomic E-state index is 0.326. The molecular formula is C33H49N3O3Si. The van der Waals surface area contributed by atoms with Crippen molar-refractivity contribution in [2.24, 2.45) is 11.1 Å². The number of nitrogens with one attached hydrogen (secondary N) is 1. The highest BCUT2D eigenvalue weighted by atomic mass is 28.4. The van der Waals surface area contributed by atoms with Gasteiger partial charge in [0.25, 0.3) is 8.32 Å². The van der Waals surface area contributed by atoms with E-state index in [0.29, 0.717) is 34.8 Å². The van der Waals surface area contributed by atoms with Crippen molar-refractivity contribution >= 4 is 36.7 Å². The third-order valence-electron chi connectivity index (χ3n) is 8.60. The summed E-state index contributed by atoms with van der Waals surface area (Å²) in [7, 11) is -2.08. The third-order valence-corrected chi connectivity index (χ3v) is 14.6. The molecule has 6 nitrogen and oxygen atoms in total. The number of primary amides is 1. The highest BCUT2D eigenvalue weighted by Crippen LogP contribution is 2.44. The molecule has 3 aromatic rings. The summed E-state index contributed by atoms with van der Waals surface area (Å²) in [5, 5.41) is 3.86. The molecule has 3 N–H and O–H groups in total.